The summed E-state index contributed by atoms with van der Waals surface area (Å²) < 4.78 is 0. The quantitative estimate of drug-likeness (QED) is 0.795. The molecular weight excluding hydrogens is 366 g/mol. The first-order valence-corrected chi connectivity index (χ1v) is 10.1. The minimum atomic E-state index is -0.211. The topological polar surface area (TPSA) is 69.7 Å². The monoisotopic (exact) mass is 391 g/mol. The lowest BCUT2D eigenvalue weighted by Crippen LogP contribution is -2.49. The van der Waals surface area contributed by atoms with E-state index in [4.69, 9.17) is 0 Å². The van der Waals surface area contributed by atoms with Crippen molar-refractivity contribution in [1.82, 2.24) is 4.90 Å². The number of nitrogens with zero attached hydrogens (tertiary/aromatic N) is 2. The third kappa shape index (κ3) is 4.47. The molecule has 29 heavy (non-hydrogen) atoms. The van der Waals surface area contributed by atoms with Crippen molar-refractivity contribution < 1.29 is 14.4 Å². The van der Waals surface area contributed by atoms with E-state index in [1.165, 1.54) is 6.92 Å². The number of nitrogens with one attached hydrogen (secondary N) is 1. The molecule has 0 unspecified atom stereocenters. The summed E-state index contributed by atoms with van der Waals surface area (Å²) in [6, 6.07) is 14.4. The lowest BCUT2D eigenvalue weighted by atomic mass is 10.1. The average Bonchev–Trinajstić information content (AvgIpc) is 3.59. The Morgan fingerprint density at radius 2 is 1.59 bits per heavy atom. The molecule has 2 amide bonds. The Hall–Kier alpha value is -3.15. The third-order valence-electron chi connectivity index (χ3n) is 5.54. The van der Waals surface area contributed by atoms with E-state index in [9.17, 15) is 14.4 Å². The van der Waals surface area contributed by atoms with Crippen LogP contribution in [0.3, 0.4) is 0 Å². The first-order chi connectivity index (χ1) is 14.0. The van der Waals surface area contributed by atoms with Gasteiger partial charge >= 0.3 is 0 Å². The number of piperazine rings is 1. The van der Waals surface area contributed by atoms with Crippen molar-refractivity contribution in [2.24, 2.45) is 5.92 Å². The first-order valence-electron chi connectivity index (χ1n) is 10.1. The molecule has 2 aromatic carbocycles. The number of rotatable bonds is 5. The van der Waals surface area contributed by atoms with E-state index in [2.05, 4.69) is 10.2 Å². The Kier molecular flexibility index (Phi) is 5.34. The highest BCUT2D eigenvalue weighted by atomic mass is 16.2. The molecule has 6 nitrogen and oxygen atoms in total. The van der Waals surface area contributed by atoms with Gasteiger partial charge in [0.05, 0.1) is 0 Å². The number of amides is 2. The van der Waals surface area contributed by atoms with Crippen LogP contribution in [0.1, 0.15) is 40.5 Å². The average molecular weight is 391 g/mol. The van der Waals surface area contributed by atoms with Crippen LogP contribution in [0.2, 0.25) is 0 Å². The van der Waals surface area contributed by atoms with Gasteiger partial charge in [-0.25, -0.2) is 0 Å². The minimum absolute atomic E-state index is 0.0376. The van der Waals surface area contributed by atoms with Gasteiger partial charge in [0.25, 0.3) is 5.91 Å². The predicted molar refractivity (Wildman–Crippen MR) is 112 cm³/mol. The number of Topliss-reactive ketones (excluding diaryl/α,β-unsaturated/α-hetero) is 1. The van der Waals surface area contributed by atoms with Crippen molar-refractivity contribution in [2.75, 3.05) is 36.4 Å². The molecule has 150 valence electrons. The fourth-order valence-electron chi connectivity index (χ4n) is 3.62. The minimum Gasteiger partial charge on any atom is -0.368 e. The van der Waals surface area contributed by atoms with Crippen LogP contribution in [0, 0.1) is 5.92 Å². The molecule has 0 aromatic heterocycles. The Balaban J connectivity index is 1.35. The zero-order valence-electron chi connectivity index (χ0n) is 16.6. The molecule has 4 rings (SSSR count). The van der Waals surface area contributed by atoms with Gasteiger partial charge in [-0.05, 0) is 56.2 Å². The molecule has 2 fully saturated rings. The predicted octanol–water partition coefficient (Wildman–Crippen LogP) is 3.20. The van der Waals surface area contributed by atoms with E-state index >= 15 is 0 Å². The summed E-state index contributed by atoms with van der Waals surface area (Å²) in [5.74, 6) is 0.336. The fourth-order valence-corrected chi connectivity index (χ4v) is 3.62. The van der Waals surface area contributed by atoms with Crippen LogP contribution < -0.4 is 10.2 Å². The number of hydrogen-bond donors (Lipinski definition) is 1. The molecule has 2 aromatic rings. The van der Waals surface area contributed by atoms with Crippen LogP contribution in [-0.4, -0.2) is 48.7 Å². The molecule has 1 saturated carbocycles. The van der Waals surface area contributed by atoms with Crippen molar-refractivity contribution in [1.29, 1.82) is 0 Å². The van der Waals surface area contributed by atoms with Gasteiger partial charge in [-0.3, -0.25) is 14.4 Å². The van der Waals surface area contributed by atoms with E-state index in [1.807, 2.05) is 17.0 Å². The van der Waals surface area contributed by atoms with Crippen molar-refractivity contribution in [3.63, 3.8) is 0 Å². The molecule has 1 aliphatic carbocycles. The number of hydrogen-bond acceptors (Lipinski definition) is 4. The van der Waals surface area contributed by atoms with Crippen molar-refractivity contribution >= 4 is 29.0 Å². The van der Waals surface area contributed by atoms with E-state index in [-0.39, 0.29) is 17.6 Å². The zero-order chi connectivity index (χ0) is 20.4. The molecule has 1 heterocycles. The summed E-state index contributed by atoms with van der Waals surface area (Å²) in [6.45, 7) is 4.62. The highest BCUT2D eigenvalue weighted by Gasteiger charge is 2.34. The number of benzene rings is 2. The standard InChI is InChI=1S/C23H25N3O3/c1-16(27)19-3-2-4-20(15-19)24-22(28)17-7-9-21(10-8-17)25-11-13-26(14-12-25)23(29)18-5-6-18/h2-4,7-10,15,18H,5-6,11-14H2,1H3,(H,24,28). The largest absolute Gasteiger partial charge is 0.368 e. The van der Waals surface area contributed by atoms with Gasteiger partial charge in [0.15, 0.2) is 5.78 Å². The molecule has 6 heteroatoms. The maximum absolute atomic E-state index is 12.5. The van der Waals surface area contributed by atoms with Crippen LogP contribution in [0.25, 0.3) is 0 Å². The highest BCUT2D eigenvalue weighted by molar-refractivity contribution is 6.05. The Morgan fingerprint density at radius 1 is 0.897 bits per heavy atom. The van der Waals surface area contributed by atoms with E-state index in [1.54, 1.807) is 36.4 Å². The fraction of sp³-hybridized carbons (Fsp3) is 0.348. The van der Waals surface area contributed by atoms with Gasteiger partial charge < -0.3 is 15.1 Å². The Morgan fingerprint density at radius 3 is 2.21 bits per heavy atom. The molecule has 1 aliphatic heterocycles. The molecule has 1 saturated heterocycles. The lowest BCUT2D eigenvalue weighted by molar-refractivity contribution is -0.132. The second-order valence-corrected chi connectivity index (χ2v) is 7.72. The van der Waals surface area contributed by atoms with Crippen LogP contribution in [-0.2, 0) is 4.79 Å². The van der Waals surface area contributed by atoms with Gasteiger partial charge in [-0.1, -0.05) is 12.1 Å². The maximum atomic E-state index is 12.5. The summed E-state index contributed by atoms with van der Waals surface area (Å²) in [6.07, 6.45) is 2.09. The smallest absolute Gasteiger partial charge is 0.255 e. The number of carbonyl (C=O) groups excluding carboxylic acids is 3. The van der Waals surface area contributed by atoms with Gasteiger partial charge in [0, 0.05) is 54.6 Å². The molecule has 0 spiro atoms. The summed E-state index contributed by atoms with van der Waals surface area (Å²) in [5.41, 5.74) is 2.78. The van der Waals surface area contributed by atoms with Gasteiger partial charge in [0.2, 0.25) is 5.91 Å². The van der Waals surface area contributed by atoms with Gasteiger partial charge in [-0.2, -0.15) is 0 Å². The Bertz CT molecular complexity index is 927. The normalized spacial score (nSPS) is 16.4. The van der Waals surface area contributed by atoms with Crippen LogP contribution in [0.4, 0.5) is 11.4 Å². The van der Waals surface area contributed by atoms with E-state index < -0.39 is 0 Å². The zero-order valence-corrected chi connectivity index (χ0v) is 16.6. The molecule has 2 aliphatic rings. The van der Waals surface area contributed by atoms with Gasteiger partial charge in [0.1, 0.15) is 0 Å². The molecule has 0 atom stereocenters. The van der Waals surface area contributed by atoms with Crippen LogP contribution in [0.5, 0.6) is 0 Å². The Labute approximate surface area is 170 Å². The third-order valence-corrected chi connectivity index (χ3v) is 5.54. The SMILES string of the molecule is CC(=O)c1cccc(NC(=O)c2ccc(N3CCN(C(=O)C4CC4)CC3)cc2)c1. The summed E-state index contributed by atoms with van der Waals surface area (Å²) in [7, 11) is 0. The maximum Gasteiger partial charge on any atom is 0.255 e. The van der Waals surface area contributed by atoms with Gasteiger partial charge in [-0.15, -0.1) is 0 Å². The van der Waals surface area contributed by atoms with Crippen molar-refractivity contribution in [3.05, 3.63) is 59.7 Å². The van der Waals surface area contributed by atoms with Crippen LogP contribution in [0.15, 0.2) is 48.5 Å². The second-order valence-electron chi connectivity index (χ2n) is 7.72. The van der Waals surface area contributed by atoms with Crippen molar-refractivity contribution in [2.45, 2.75) is 19.8 Å². The number of anilines is 2. The molecule has 0 radical (unpaired) electrons. The first kappa shape index (κ1) is 19.2. The van der Waals surface area contributed by atoms with Crippen molar-refractivity contribution in [3.8, 4) is 0 Å². The second kappa shape index (κ2) is 8.07. The summed E-state index contributed by atoms with van der Waals surface area (Å²) in [5, 5.41) is 2.84. The van der Waals surface area contributed by atoms with E-state index in [0.717, 1.165) is 44.7 Å². The number of ketones is 1. The lowest BCUT2D eigenvalue weighted by Gasteiger charge is -2.36. The molecule has 0 bridgehead atoms. The molecular formula is C23H25N3O3. The summed E-state index contributed by atoms with van der Waals surface area (Å²) >= 11 is 0. The van der Waals surface area contributed by atoms with E-state index in [0.29, 0.717) is 22.7 Å². The number of carbonyl (C=O) groups is 3. The molecule has 1 N–H and O–H groups in total. The van der Waals surface area contributed by atoms with Crippen LogP contribution >= 0.6 is 0 Å². The summed E-state index contributed by atoms with van der Waals surface area (Å²) in [4.78, 5) is 40.4. The highest BCUT2D eigenvalue weighted by Crippen LogP contribution is 2.31.